The second kappa shape index (κ2) is 7.54. The predicted octanol–water partition coefficient (Wildman–Crippen LogP) is 2.25. The van der Waals surface area contributed by atoms with Gasteiger partial charge < -0.3 is 0 Å². The third-order valence-corrected chi connectivity index (χ3v) is 5.42. The highest BCUT2D eigenvalue weighted by molar-refractivity contribution is 5.99. The smallest absolute Gasteiger partial charge is 0.269 e. The van der Waals surface area contributed by atoms with Gasteiger partial charge in [0, 0.05) is 17.3 Å². The fourth-order valence-corrected chi connectivity index (χ4v) is 3.55. The number of hydrogen-bond acceptors (Lipinski definition) is 4. The van der Waals surface area contributed by atoms with Gasteiger partial charge in [-0.1, -0.05) is 43.3 Å². The molecule has 1 aliphatic rings. The van der Waals surface area contributed by atoms with Crippen molar-refractivity contribution in [1.29, 1.82) is 0 Å². The van der Waals surface area contributed by atoms with Gasteiger partial charge in [0.05, 0.1) is 0 Å². The maximum absolute atomic E-state index is 12.8. The SMILES string of the molecule is CCc1ccc([C@H]2[NH+]=C(Nc3cccc(C)c3C)Nc3nc(C)cc(=O)n32)cc1. The van der Waals surface area contributed by atoms with Crippen LogP contribution in [-0.2, 0) is 6.42 Å². The number of fused-ring (bicyclic) bond motifs is 1. The Bertz CT molecular complexity index is 1140. The summed E-state index contributed by atoms with van der Waals surface area (Å²) in [6, 6.07) is 16.0. The fourth-order valence-electron chi connectivity index (χ4n) is 3.55. The van der Waals surface area contributed by atoms with Crippen LogP contribution >= 0.6 is 0 Å². The monoisotopic (exact) mass is 388 g/mol. The van der Waals surface area contributed by atoms with Gasteiger partial charge in [-0.05, 0) is 49.9 Å². The normalized spacial score (nSPS) is 15.3. The fraction of sp³-hybridized carbons (Fsp3) is 0.261. The summed E-state index contributed by atoms with van der Waals surface area (Å²) in [4.78, 5) is 20.8. The van der Waals surface area contributed by atoms with Crippen molar-refractivity contribution in [2.75, 3.05) is 10.6 Å². The maximum atomic E-state index is 12.8. The molecule has 0 spiro atoms. The standard InChI is InChI=1S/C23H25N5O/c1-5-17-9-11-18(12-10-17)21-26-22(25-19-8-6-7-14(2)16(19)4)27-23-24-15(3)13-20(29)28(21)23/h6-13,21H,5H2,1-4H3,(H2,24,25,26,27)/p+1/t21-/m0/s1. The average molecular weight is 388 g/mol. The molecule has 0 aliphatic carbocycles. The van der Waals surface area contributed by atoms with Crippen LogP contribution in [-0.4, -0.2) is 15.5 Å². The minimum atomic E-state index is -0.356. The van der Waals surface area contributed by atoms with Gasteiger partial charge in [0.25, 0.3) is 11.5 Å². The zero-order valence-electron chi connectivity index (χ0n) is 17.2. The van der Waals surface area contributed by atoms with E-state index in [1.54, 1.807) is 10.6 Å². The largest absolute Gasteiger partial charge is 0.357 e. The Hall–Kier alpha value is -3.41. The Morgan fingerprint density at radius 2 is 1.90 bits per heavy atom. The molecule has 3 N–H and O–H groups in total. The highest BCUT2D eigenvalue weighted by Gasteiger charge is 2.29. The first-order valence-corrected chi connectivity index (χ1v) is 9.89. The van der Waals surface area contributed by atoms with Crippen molar-refractivity contribution in [2.24, 2.45) is 0 Å². The summed E-state index contributed by atoms with van der Waals surface area (Å²) < 4.78 is 1.65. The van der Waals surface area contributed by atoms with Gasteiger partial charge in [0.15, 0.2) is 6.17 Å². The summed E-state index contributed by atoms with van der Waals surface area (Å²) in [6.07, 6.45) is 0.619. The Kier molecular flexibility index (Phi) is 4.92. The predicted molar refractivity (Wildman–Crippen MR) is 116 cm³/mol. The van der Waals surface area contributed by atoms with E-state index < -0.39 is 0 Å². The quantitative estimate of drug-likeness (QED) is 0.644. The minimum absolute atomic E-state index is 0.0946. The zero-order chi connectivity index (χ0) is 20.5. The van der Waals surface area contributed by atoms with Crippen LogP contribution in [0.4, 0.5) is 11.6 Å². The number of rotatable bonds is 3. The van der Waals surface area contributed by atoms with E-state index in [2.05, 4.69) is 71.7 Å². The molecule has 1 atom stereocenters. The summed E-state index contributed by atoms with van der Waals surface area (Å²) in [6.45, 7) is 8.13. The zero-order valence-corrected chi connectivity index (χ0v) is 17.2. The topological polar surface area (TPSA) is 72.9 Å². The molecule has 0 bridgehead atoms. The molecule has 3 aromatic rings. The van der Waals surface area contributed by atoms with Crippen LogP contribution in [0.5, 0.6) is 0 Å². The number of aromatic nitrogens is 2. The number of anilines is 2. The summed E-state index contributed by atoms with van der Waals surface area (Å²) in [5.74, 6) is 1.21. The van der Waals surface area contributed by atoms with Crippen LogP contribution in [0.15, 0.2) is 53.3 Å². The Balaban J connectivity index is 1.80. The first-order chi connectivity index (χ1) is 14.0. The van der Waals surface area contributed by atoms with Crippen molar-refractivity contribution in [3.05, 3.63) is 86.8 Å². The lowest BCUT2D eigenvalue weighted by atomic mass is 10.1. The van der Waals surface area contributed by atoms with Crippen molar-refractivity contribution in [1.82, 2.24) is 9.55 Å². The lowest BCUT2D eigenvalue weighted by Crippen LogP contribution is -2.82. The highest BCUT2D eigenvalue weighted by atomic mass is 16.1. The van der Waals surface area contributed by atoms with Crippen LogP contribution in [0.3, 0.4) is 0 Å². The van der Waals surface area contributed by atoms with Gasteiger partial charge in [-0.25, -0.2) is 20.2 Å². The van der Waals surface area contributed by atoms with Crippen molar-refractivity contribution >= 4 is 17.6 Å². The van der Waals surface area contributed by atoms with Crippen LogP contribution in [0.25, 0.3) is 0 Å². The molecule has 0 fully saturated rings. The highest BCUT2D eigenvalue weighted by Crippen LogP contribution is 2.20. The van der Waals surface area contributed by atoms with Crippen molar-refractivity contribution in [2.45, 2.75) is 40.3 Å². The first-order valence-electron chi connectivity index (χ1n) is 9.89. The summed E-state index contributed by atoms with van der Waals surface area (Å²) in [5.41, 5.74) is 6.23. The number of benzene rings is 2. The molecule has 1 aromatic heterocycles. The molecule has 0 amide bonds. The molecule has 0 saturated carbocycles. The molecule has 148 valence electrons. The van der Waals surface area contributed by atoms with Crippen molar-refractivity contribution in [3.8, 4) is 0 Å². The Morgan fingerprint density at radius 3 is 2.62 bits per heavy atom. The summed E-state index contributed by atoms with van der Waals surface area (Å²) >= 11 is 0. The van der Waals surface area contributed by atoms with E-state index >= 15 is 0 Å². The van der Waals surface area contributed by atoms with Crippen molar-refractivity contribution in [3.63, 3.8) is 0 Å². The van der Waals surface area contributed by atoms with Crippen LogP contribution in [0.2, 0.25) is 0 Å². The van der Waals surface area contributed by atoms with Gasteiger partial charge in [-0.2, -0.15) is 0 Å². The molecular weight excluding hydrogens is 362 g/mol. The van der Waals surface area contributed by atoms with Crippen LogP contribution < -0.4 is 21.2 Å². The maximum Gasteiger partial charge on any atom is 0.357 e. The summed E-state index contributed by atoms with van der Waals surface area (Å²) in [7, 11) is 0. The Labute approximate surface area is 170 Å². The van der Waals surface area contributed by atoms with Crippen LogP contribution in [0.1, 0.15) is 41.0 Å². The number of hydrogen-bond donors (Lipinski definition) is 3. The first kappa shape index (κ1) is 18.9. The molecule has 2 aromatic carbocycles. The lowest BCUT2D eigenvalue weighted by Gasteiger charge is -2.23. The van der Waals surface area contributed by atoms with E-state index in [9.17, 15) is 4.79 Å². The third-order valence-electron chi connectivity index (χ3n) is 5.42. The number of guanidine groups is 1. The van der Waals surface area contributed by atoms with E-state index in [0.29, 0.717) is 17.6 Å². The molecule has 2 heterocycles. The second-order valence-electron chi connectivity index (χ2n) is 7.44. The van der Waals surface area contributed by atoms with E-state index in [-0.39, 0.29) is 11.7 Å². The average Bonchev–Trinajstić information content (AvgIpc) is 2.70. The Morgan fingerprint density at radius 1 is 1.14 bits per heavy atom. The molecule has 0 radical (unpaired) electrons. The minimum Gasteiger partial charge on any atom is -0.269 e. The molecule has 0 saturated heterocycles. The van der Waals surface area contributed by atoms with E-state index in [4.69, 9.17) is 0 Å². The van der Waals surface area contributed by atoms with Gasteiger partial charge in [-0.15, -0.1) is 0 Å². The lowest BCUT2D eigenvalue weighted by molar-refractivity contribution is -0.520. The summed E-state index contributed by atoms with van der Waals surface area (Å²) in [5, 5.41) is 6.67. The second-order valence-corrected chi connectivity index (χ2v) is 7.44. The number of nitrogens with one attached hydrogen (secondary N) is 3. The van der Waals surface area contributed by atoms with E-state index in [1.165, 1.54) is 16.7 Å². The molecule has 6 nitrogen and oxygen atoms in total. The van der Waals surface area contributed by atoms with E-state index in [1.807, 2.05) is 19.1 Å². The molecule has 29 heavy (non-hydrogen) atoms. The van der Waals surface area contributed by atoms with E-state index in [0.717, 1.165) is 17.7 Å². The van der Waals surface area contributed by atoms with Gasteiger partial charge >= 0.3 is 5.96 Å². The number of nitrogens with zero attached hydrogens (tertiary/aromatic N) is 2. The third kappa shape index (κ3) is 3.66. The molecule has 4 rings (SSSR count). The van der Waals surface area contributed by atoms with Crippen LogP contribution in [0, 0.1) is 20.8 Å². The van der Waals surface area contributed by atoms with Gasteiger partial charge in [-0.3, -0.25) is 9.79 Å². The van der Waals surface area contributed by atoms with Crippen molar-refractivity contribution < 1.29 is 4.99 Å². The van der Waals surface area contributed by atoms with Gasteiger partial charge in [0.2, 0.25) is 0 Å². The number of aryl methyl sites for hydroxylation is 3. The molecule has 1 aliphatic heterocycles. The van der Waals surface area contributed by atoms with Gasteiger partial charge in [0.1, 0.15) is 5.69 Å². The molecule has 6 heteroatoms. The molecular formula is C23H26N5O+. The molecule has 0 unspecified atom stereocenters.